The average Bonchev–Trinajstić information content (AvgIpc) is 3.12. The zero-order chi connectivity index (χ0) is 24.7. The molecule has 9 nitrogen and oxygen atoms in total. The molecule has 0 aliphatic carbocycles. The lowest BCUT2D eigenvalue weighted by Gasteiger charge is -2.17. The molecule has 0 saturated carbocycles. The lowest BCUT2D eigenvalue weighted by molar-refractivity contribution is -0.147. The van der Waals surface area contributed by atoms with Crippen molar-refractivity contribution >= 4 is 21.1 Å². The highest BCUT2D eigenvalue weighted by atomic mass is 32.2. The highest BCUT2D eigenvalue weighted by Gasteiger charge is 2.39. The highest BCUT2D eigenvalue weighted by Crippen LogP contribution is 2.34. The molecule has 13 heteroatoms. The summed E-state index contributed by atoms with van der Waals surface area (Å²) in [4.78, 5) is 16.5. The second kappa shape index (κ2) is 8.47. The minimum absolute atomic E-state index is 0.195. The van der Waals surface area contributed by atoms with E-state index >= 15 is 0 Å². The maximum atomic E-state index is 12.8. The quantitative estimate of drug-likeness (QED) is 0.458. The molecular formula is C21H16F3N7O2S. The maximum Gasteiger partial charge on any atom is 0.404 e. The third-order valence-electron chi connectivity index (χ3n) is 4.95. The molecule has 0 aromatic carbocycles. The van der Waals surface area contributed by atoms with Gasteiger partial charge in [0.05, 0.1) is 23.1 Å². The van der Waals surface area contributed by atoms with Gasteiger partial charge in [-0.2, -0.15) is 23.2 Å². The smallest absolute Gasteiger partial charge is 0.274 e. The van der Waals surface area contributed by atoms with Crippen LogP contribution in [-0.4, -0.2) is 45.1 Å². The van der Waals surface area contributed by atoms with Crippen LogP contribution in [0.15, 0.2) is 54.1 Å². The number of fused-ring (bicyclic) bond motifs is 1. The van der Waals surface area contributed by atoms with Gasteiger partial charge in [-0.05, 0) is 37.6 Å². The Balaban J connectivity index is 1.87. The van der Waals surface area contributed by atoms with Crippen LogP contribution >= 0.6 is 0 Å². The monoisotopic (exact) mass is 487 g/mol. The largest absolute Gasteiger partial charge is 0.404 e. The van der Waals surface area contributed by atoms with Gasteiger partial charge in [-0.3, -0.25) is 14.5 Å². The van der Waals surface area contributed by atoms with Crippen LogP contribution in [0.3, 0.4) is 0 Å². The first kappa shape index (κ1) is 23.3. The van der Waals surface area contributed by atoms with Crippen molar-refractivity contribution in [2.45, 2.75) is 31.0 Å². The summed E-state index contributed by atoms with van der Waals surface area (Å²) in [5.41, 5.74) is 1.93. The van der Waals surface area contributed by atoms with E-state index in [-0.39, 0.29) is 17.0 Å². The lowest BCUT2D eigenvalue weighted by atomic mass is 10.1. The summed E-state index contributed by atoms with van der Waals surface area (Å²) in [5, 5.41) is 10.5. The van der Waals surface area contributed by atoms with Crippen molar-refractivity contribution in [2.75, 3.05) is 0 Å². The molecule has 0 saturated heterocycles. The summed E-state index contributed by atoms with van der Waals surface area (Å²) >= 11 is 0. The molecule has 0 spiro atoms. The van der Waals surface area contributed by atoms with Crippen LogP contribution in [0.25, 0.3) is 28.2 Å². The first-order valence-corrected chi connectivity index (χ1v) is 11.2. The normalized spacial score (nSPS) is 13.1. The van der Waals surface area contributed by atoms with Crippen LogP contribution in [0.1, 0.15) is 18.1 Å². The number of aromatic nitrogens is 5. The molecule has 4 aromatic rings. The second-order valence-electron chi connectivity index (χ2n) is 7.38. The first-order valence-electron chi connectivity index (χ1n) is 9.76. The van der Waals surface area contributed by atoms with E-state index in [1.165, 1.54) is 24.7 Å². The fourth-order valence-electron chi connectivity index (χ4n) is 3.30. The maximum absolute atomic E-state index is 12.8. The number of aryl methyl sites for hydroxylation is 1. The van der Waals surface area contributed by atoms with Crippen LogP contribution < -0.4 is 4.72 Å². The minimum Gasteiger partial charge on any atom is -0.274 e. The predicted octanol–water partition coefficient (Wildman–Crippen LogP) is 3.29. The first-order chi connectivity index (χ1) is 16.0. The molecule has 0 aliphatic rings. The minimum atomic E-state index is -4.75. The van der Waals surface area contributed by atoms with E-state index in [1.54, 1.807) is 21.6 Å². The van der Waals surface area contributed by atoms with Crippen molar-refractivity contribution in [3.63, 3.8) is 0 Å². The topological polar surface area (TPSA) is 126 Å². The van der Waals surface area contributed by atoms with Gasteiger partial charge in [0.1, 0.15) is 22.7 Å². The SMILES string of the molecule is Cc1cnc2c(c1)c(C#N)c(-c1ccc(S(=O)(=O)NC(C)C(F)(F)F)cn1)n2-c1cnccn1. The van der Waals surface area contributed by atoms with Crippen molar-refractivity contribution < 1.29 is 21.6 Å². The summed E-state index contributed by atoms with van der Waals surface area (Å²) < 4.78 is 66.4. The molecule has 0 amide bonds. The van der Waals surface area contributed by atoms with Gasteiger partial charge in [0.15, 0.2) is 5.82 Å². The van der Waals surface area contributed by atoms with Crippen LogP contribution in [0.5, 0.6) is 0 Å². The fraction of sp³-hybridized carbons (Fsp3) is 0.190. The predicted molar refractivity (Wildman–Crippen MR) is 115 cm³/mol. The summed E-state index contributed by atoms with van der Waals surface area (Å²) in [6.07, 6.45) is 2.21. The summed E-state index contributed by atoms with van der Waals surface area (Å²) in [5.74, 6) is 0.347. The lowest BCUT2D eigenvalue weighted by Crippen LogP contribution is -2.42. The molecule has 1 atom stereocenters. The van der Waals surface area contributed by atoms with Gasteiger partial charge in [0.2, 0.25) is 10.0 Å². The van der Waals surface area contributed by atoms with Gasteiger partial charge in [-0.25, -0.2) is 18.4 Å². The number of rotatable bonds is 5. The molecule has 34 heavy (non-hydrogen) atoms. The number of halogens is 3. The Morgan fingerprint density at radius 1 is 1.12 bits per heavy atom. The van der Waals surface area contributed by atoms with Crippen LogP contribution in [0.4, 0.5) is 13.2 Å². The Bertz CT molecular complexity index is 1510. The average molecular weight is 487 g/mol. The molecule has 1 unspecified atom stereocenters. The fourth-order valence-corrected chi connectivity index (χ4v) is 4.48. The van der Waals surface area contributed by atoms with Gasteiger partial charge in [0, 0.05) is 30.2 Å². The zero-order valence-electron chi connectivity index (χ0n) is 17.7. The van der Waals surface area contributed by atoms with Crippen LogP contribution in [0, 0.1) is 18.3 Å². The third kappa shape index (κ3) is 4.20. The summed E-state index contributed by atoms with van der Waals surface area (Å²) in [7, 11) is -4.49. The van der Waals surface area contributed by atoms with E-state index in [9.17, 15) is 26.9 Å². The van der Waals surface area contributed by atoms with E-state index in [4.69, 9.17) is 0 Å². The Hall–Kier alpha value is -3.89. The highest BCUT2D eigenvalue weighted by molar-refractivity contribution is 7.89. The summed E-state index contributed by atoms with van der Waals surface area (Å²) in [6, 6.07) is 4.06. The Morgan fingerprint density at radius 2 is 1.88 bits per heavy atom. The van der Waals surface area contributed by atoms with E-state index in [0.717, 1.165) is 17.8 Å². The molecule has 0 aliphatic heterocycles. The number of pyridine rings is 2. The molecule has 0 bridgehead atoms. The molecule has 0 radical (unpaired) electrons. The molecule has 4 rings (SSSR count). The number of sulfonamides is 1. The van der Waals surface area contributed by atoms with Crippen molar-refractivity contribution in [3.8, 4) is 23.3 Å². The Morgan fingerprint density at radius 3 is 2.47 bits per heavy atom. The number of hydrogen-bond donors (Lipinski definition) is 1. The number of alkyl halides is 3. The second-order valence-corrected chi connectivity index (χ2v) is 9.10. The number of nitriles is 1. The molecule has 4 heterocycles. The zero-order valence-corrected chi connectivity index (χ0v) is 18.6. The van der Waals surface area contributed by atoms with Crippen molar-refractivity contribution in [3.05, 3.63) is 60.3 Å². The van der Waals surface area contributed by atoms with Gasteiger partial charge < -0.3 is 0 Å². The van der Waals surface area contributed by atoms with Crippen LogP contribution in [0.2, 0.25) is 0 Å². The van der Waals surface area contributed by atoms with Gasteiger partial charge >= 0.3 is 6.18 Å². The standard InChI is InChI=1S/C21H16F3N7O2S/c1-12-7-15-16(8-25)19(31(20(15)29-9-12)18-11-26-5-6-27-18)17-4-3-14(10-28-17)34(32,33)30-13(2)21(22,23)24/h3-7,9-11,13,30H,1-2H3. The van der Waals surface area contributed by atoms with Gasteiger partial charge in [0.25, 0.3) is 0 Å². The molecular weight excluding hydrogens is 471 g/mol. The van der Waals surface area contributed by atoms with Gasteiger partial charge in [-0.15, -0.1) is 0 Å². The Labute approximate surface area is 192 Å². The van der Waals surface area contributed by atoms with E-state index in [2.05, 4.69) is 26.0 Å². The number of nitrogens with zero attached hydrogens (tertiary/aromatic N) is 6. The molecule has 1 N–H and O–H groups in total. The Kier molecular flexibility index (Phi) is 5.80. The van der Waals surface area contributed by atoms with E-state index < -0.39 is 27.1 Å². The molecule has 4 aromatic heterocycles. The molecule has 0 fully saturated rings. The van der Waals surface area contributed by atoms with E-state index in [0.29, 0.717) is 23.8 Å². The van der Waals surface area contributed by atoms with Crippen LogP contribution in [-0.2, 0) is 10.0 Å². The summed E-state index contributed by atoms with van der Waals surface area (Å²) in [6.45, 7) is 2.52. The number of hydrogen-bond acceptors (Lipinski definition) is 7. The van der Waals surface area contributed by atoms with Gasteiger partial charge in [-0.1, -0.05) is 0 Å². The third-order valence-corrected chi connectivity index (χ3v) is 6.47. The van der Waals surface area contributed by atoms with Crippen molar-refractivity contribution in [1.29, 1.82) is 5.26 Å². The van der Waals surface area contributed by atoms with Crippen molar-refractivity contribution in [2.24, 2.45) is 0 Å². The van der Waals surface area contributed by atoms with Crippen molar-refractivity contribution in [1.82, 2.24) is 29.2 Å². The molecule has 174 valence electrons. The number of nitrogens with one attached hydrogen (secondary N) is 1. The van der Waals surface area contributed by atoms with E-state index in [1.807, 2.05) is 6.92 Å².